The van der Waals surface area contributed by atoms with Crippen LogP contribution in [-0.2, 0) is 14.8 Å². The summed E-state index contributed by atoms with van der Waals surface area (Å²) in [4.78, 5) is 11.7. The van der Waals surface area contributed by atoms with Gasteiger partial charge in [-0.2, -0.15) is 0 Å². The summed E-state index contributed by atoms with van der Waals surface area (Å²) in [5.74, 6) is -0.210. The number of nitrogens with zero attached hydrogens (tertiary/aromatic N) is 1. The van der Waals surface area contributed by atoms with Gasteiger partial charge in [-0.25, -0.2) is 12.7 Å². The van der Waals surface area contributed by atoms with Crippen molar-refractivity contribution in [3.63, 3.8) is 0 Å². The van der Waals surface area contributed by atoms with Gasteiger partial charge < -0.3 is 5.11 Å². The molecule has 1 amide bonds. The standard InChI is InChI=1S/C10H17NO4S/c1-10(2)9(13)11(16(10,14)15)6-7-3-4-8(12)5-7/h7-8,12H,3-6H2,1-2H3. The fourth-order valence-corrected chi connectivity index (χ4v) is 3.99. The molecule has 6 heteroatoms. The third kappa shape index (κ3) is 1.47. The lowest BCUT2D eigenvalue weighted by Crippen LogP contribution is -2.67. The van der Waals surface area contributed by atoms with Crippen LogP contribution in [-0.4, -0.2) is 41.1 Å². The zero-order valence-corrected chi connectivity index (χ0v) is 10.3. The molecular weight excluding hydrogens is 230 g/mol. The number of aliphatic hydroxyl groups is 1. The van der Waals surface area contributed by atoms with Crippen molar-refractivity contribution in [2.45, 2.75) is 44.0 Å². The Balaban J connectivity index is 2.06. The van der Waals surface area contributed by atoms with Crippen molar-refractivity contribution in [1.82, 2.24) is 4.31 Å². The van der Waals surface area contributed by atoms with Crippen molar-refractivity contribution in [3.8, 4) is 0 Å². The van der Waals surface area contributed by atoms with E-state index in [1.54, 1.807) is 0 Å². The quantitative estimate of drug-likeness (QED) is 0.751. The number of carbonyl (C=O) groups excluding carboxylic acids is 1. The molecular formula is C10H17NO4S. The highest BCUT2D eigenvalue weighted by atomic mass is 32.2. The molecule has 1 aliphatic carbocycles. The third-order valence-corrected chi connectivity index (χ3v) is 5.97. The lowest BCUT2D eigenvalue weighted by atomic mass is 10.1. The van der Waals surface area contributed by atoms with E-state index in [1.165, 1.54) is 13.8 Å². The minimum absolute atomic E-state index is 0.116. The van der Waals surface area contributed by atoms with Gasteiger partial charge in [0.2, 0.25) is 0 Å². The SMILES string of the molecule is CC1(C)C(=O)N(CC2CCC(O)C2)S1(=O)=O. The first-order chi connectivity index (χ1) is 7.26. The molecule has 0 spiro atoms. The minimum Gasteiger partial charge on any atom is -0.393 e. The monoisotopic (exact) mass is 247 g/mol. The van der Waals surface area contributed by atoms with Crippen molar-refractivity contribution in [3.05, 3.63) is 0 Å². The van der Waals surface area contributed by atoms with E-state index in [9.17, 15) is 18.3 Å². The number of amides is 1. The fraction of sp³-hybridized carbons (Fsp3) is 0.900. The minimum atomic E-state index is -3.45. The maximum absolute atomic E-state index is 11.8. The first kappa shape index (κ1) is 11.9. The molecule has 5 nitrogen and oxygen atoms in total. The van der Waals surface area contributed by atoms with Crippen molar-refractivity contribution < 1.29 is 18.3 Å². The molecule has 2 unspecified atom stereocenters. The molecule has 1 N–H and O–H groups in total. The maximum atomic E-state index is 11.8. The third-order valence-electron chi connectivity index (χ3n) is 3.61. The molecule has 1 heterocycles. The number of rotatable bonds is 2. The molecule has 0 aromatic carbocycles. The first-order valence-corrected chi connectivity index (χ1v) is 6.95. The van der Waals surface area contributed by atoms with E-state index in [-0.39, 0.29) is 24.5 Å². The van der Waals surface area contributed by atoms with Gasteiger partial charge in [-0.1, -0.05) is 0 Å². The lowest BCUT2D eigenvalue weighted by Gasteiger charge is -2.44. The molecule has 92 valence electrons. The van der Waals surface area contributed by atoms with Gasteiger partial charge in [-0.15, -0.1) is 0 Å². The topological polar surface area (TPSA) is 74.7 Å². The molecule has 0 aromatic rings. The number of hydrogen-bond acceptors (Lipinski definition) is 4. The summed E-state index contributed by atoms with van der Waals surface area (Å²) in [5, 5.41) is 9.35. The molecule has 0 bridgehead atoms. The van der Waals surface area contributed by atoms with Crippen LogP contribution in [0.1, 0.15) is 33.1 Å². The largest absolute Gasteiger partial charge is 0.393 e. The average molecular weight is 247 g/mol. The Morgan fingerprint density at radius 1 is 1.44 bits per heavy atom. The van der Waals surface area contributed by atoms with Gasteiger partial charge in [0.05, 0.1) is 6.10 Å². The van der Waals surface area contributed by atoms with Crippen molar-refractivity contribution in [2.75, 3.05) is 6.54 Å². The van der Waals surface area contributed by atoms with Gasteiger partial charge in [0.25, 0.3) is 15.9 Å². The normalized spacial score (nSPS) is 36.2. The van der Waals surface area contributed by atoms with Crippen LogP contribution in [0.25, 0.3) is 0 Å². The van der Waals surface area contributed by atoms with E-state index in [4.69, 9.17) is 0 Å². The van der Waals surface area contributed by atoms with E-state index in [2.05, 4.69) is 0 Å². The fourth-order valence-electron chi connectivity index (χ4n) is 2.39. The van der Waals surface area contributed by atoms with Crippen LogP contribution in [0.5, 0.6) is 0 Å². The Bertz CT molecular complexity index is 415. The zero-order valence-electron chi connectivity index (χ0n) is 9.51. The predicted molar refractivity (Wildman–Crippen MR) is 58.1 cm³/mol. The number of aliphatic hydroxyl groups excluding tert-OH is 1. The second kappa shape index (κ2) is 3.43. The molecule has 2 fully saturated rings. The molecule has 2 atom stereocenters. The summed E-state index contributed by atoms with van der Waals surface area (Å²) in [5.41, 5.74) is 0. The summed E-state index contributed by atoms with van der Waals surface area (Å²) in [6.45, 7) is 3.11. The van der Waals surface area contributed by atoms with Crippen LogP contribution >= 0.6 is 0 Å². The summed E-state index contributed by atoms with van der Waals surface area (Å²) in [7, 11) is -3.45. The second-order valence-corrected chi connectivity index (χ2v) is 7.60. The molecule has 1 saturated heterocycles. The van der Waals surface area contributed by atoms with Gasteiger partial charge in [0.15, 0.2) is 4.75 Å². The van der Waals surface area contributed by atoms with Gasteiger partial charge in [0, 0.05) is 6.54 Å². The second-order valence-electron chi connectivity index (χ2n) is 5.18. The van der Waals surface area contributed by atoms with Crippen LogP contribution in [0.3, 0.4) is 0 Å². The van der Waals surface area contributed by atoms with E-state index in [0.29, 0.717) is 12.8 Å². The predicted octanol–water partition coefficient (Wildman–Crippen LogP) is 0.0980. The lowest BCUT2D eigenvalue weighted by molar-refractivity contribution is -0.132. The van der Waals surface area contributed by atoms with Gasteiger partial charge in [-0.05, 0) is 39.0 Å². The van der Waals surface area contributed by atoms with Gasteiger partial charge in [0.1, 0.15) is 0 Å². The van der Waals surface area contributed by atoms with E-state index >= 15 is 0 Å². The molecule has 2 aliphatic rings. The molecule has 0 radical (unpaired) electrons. The van der Waals surface area contributed by atoms with Gasteiger partial charge >= 0.3 is 0 Å². The Labute approximate surface area is 95.5 Å². The zero-order chi connectivity index (χ0) is 12.1. The van der Waals surface area contributed by atoms with Crippen molar-refractivity contribution >= 4 is 15.9 Å². The van der Waals surface area contributed by atoms with Crippen LogP contribution in [0.4, 0.5) is 0 Å². The van der Waals surface area contributed by atoms with Crippen LogP contribution in [0.2, 0.25) is 0 Å². The van der Waals surface area contributed by atoms with Crippen molar-refractivity contribution in [1.29, 1.82) is 0 Å². The Kier molecular flexibility index (Phi) is 2.54. The summed E-state index contributed by atoms with van der Waals surface area (Å²) < 4.78 is 23.3. The van der Waals surface area contributed by atoms with Crippen LogP contribution in [0, 0.1) is 5.92 Å². The number of sulfonamides is 1. The Morgan fingerprint density at radius 3 is 2.50 bits per heavy atom. The molecule has 1 aliphatic heterocycles. The molecule has 1 saturated carbocycles. The van der Waals surface area contributed by atoms with Crippen LogP contribution < -0.4 is 0 Å². The highest BCUT2D eigenvalue weighted by Crippen LogP contribution is 2.37. The Morgan fingerprint density at radius 2 is 2.06 bits per heavy atom. The van der Waals surface area contributed by atoms with E-state index < -0.39 is 14.8 Å². The average Bonchev–Trinajstić information content (AvgIpc) is 2.59. The maximum Gasteiger partial charge on any atom is 0.258 e. The van der Waals surface area contributed by atoms with Gasteiger partial charge in [-0.3, -0.25) is 4.79 Å². The summed E-state index contributed by atoms with van der Waals surface area (Å²) in [6.07, 6.45) is 1.76. The summed E-state index contributed by atoms with van der Waals surface area (Å²) >= 11 is 0. The Hall–Kier alpha value is -0.620. The van der Waals surface area contributed by atoms with E-state index in [0.717, 1.165) is 10.7 Å². The van der Waals surface area contributed by atoms with Crippen molar-refractivity contribution in [2.24, 2.45) is 5.92 Å². The number of carbonyl (C=O) groups is 1. The molecule has 16 heavy (non-hydrogen) atoms. The number of hydrogen-bond donors (Lipinski definition) is 1. The van der Waals surface area contributed by atoms with E-state index in [1.807, 2.05) is 0 Å². The summed E-state index contributed by atoms with van der Waals surface area (Å²) in [6, 6.07) is 0. The molecule has 0 aromatic heterocycles. The van der Waals surface area contributed by atoms with Crippen LogP contribution in [0.15, 0.2) is 0 Å². The molecule has 2 rings (SSSR count). The smallest absolute Gasteiger partial charge is 0.258 e. The highest BCUT2D eigenvalue weighted by molar-refractivity contribution is 7.94. The first-order valence-electron chi connectivity index (χ1n) is 5.51. The highest BCUT2D eigenvalue weighted by Gasteiger charge is 2.60.